The van der Waals surface area contributed by atoms with Crippen LogP contribution in [0.4, 0.5) is 17.3 Å². The smallest absolute Gasteiger partial charge is 0.244 e. The number of nitrogens with zero attached hydrogens (tertiary/aromatic N) is 5. The third-order valence-corrected chi connectivity index (χ3v) is 6.91. The maximum Gasteiger partial charge on any atom is 0.244 e. The second kappa shape index (κ2) is 9.86. The molecule has 2 amide bonds. The van der Waals surface area contributed by atoms with Crippen LogP contribution < -0.4 is 15.1 Å². The standard InChI is InChI=1S/C24H26N6O3S/c1-17(22(32)29-16-21(31)25-19-9-5-6-10-20(19)29)34-24-27-26-23(28-11-13-33-14-12-28)30(24)15-18-7-3-2-4-8-18/h2-10,17H,11-16H2,1H3,(H,25,31)/t17-/m0/s1. The first-order valence-electron chi connectivity index (χ1n) is 11.3. The lowest BCUT2D eigenvalue weighted by molar-refractivity contribution is -0.121. The van der Waals surface area contributed by atoms with Gasteiger partial charge in [-0.3, -0.25) is 19.1 Å². The topological polar surface area (TPSA) is 92.6 Å². The van der Waals surface area contributed by atoms with Gasteiger partial charge in [-0.1, -0.05) is 54.2 Å². The Labute approximate surface area is 202 Å². The number of nitrogens with one attached hydrogen (secondary N) is 1. The summed E-state index contributed by atoms with van der Waals surface area (Å²) >= 11 is 1.36. The Kier molecular flexibility index (Phi) is 6.50. The third-order valence-electron chi connectivity index (χ3n) is 5.84. The highest BCUT2D eigenvalue weighted by Gasteiger charge is 2.31. The molecule has 1 saturated heterocycles. The molecule has 2 aromatic carbocycles. The molecule has 2 aliphatic rings. The van der Waals surface area contributed by atoms with Crippen LogP contribution in [0.5, 0.6) is 0 Å². The van der Waals surface area contributed by atoms with Gasteiger partial charge >= 0.3 is 0 Å². The van der Waals surface area contributed by atoms with E-state index in [4.69, 9.17) is 4.74 Å². The average molecular weight is 479 g/mol. The van der Waals surface area contributed by atoms with E-state index >= 15 is 0 Å². The molecule has 9 nitrogen and oxygen atoms in total. The van der Waals surface area contributed by atoms with E-state index < -0.39 is 5.25 Å². The molecule has 1 atom stereocenters. The zero-order valence-electron chi connectivity index (χ0n) is 18.9. The van der Waals surface area contributed by atoms with Gasteiger partial charge in [0.15, 0.2) is 5.16 Å². The molecule has 1 N–H and O–H groups in total. The molecular weight excluding hydrogens is 452 g/mol. The van der Waals surface area contributed by atoms with Crippen LogP contribution in [0.3, 0.4) is 0 Å². The quantitative estimate of drug-likeness (QED) is 0.545. The number of para-hydroxylation sites is 2. The molecule has 5 rings (SSSR count). The van der Waals surface area contributed by atoms with Gasteiger partial charge in [0.05, 0.1) is 36.4 Å². The van der Waals surface area contributed by atoms with Crippen molar-refractivity contribution in [3.63, 3.8) is 0 Å². The summed E-state index contributed by atoms with van der Waals surface area (Å²) in [7, 11) is 0. The van der Waals surface area contributed by atoms with E-state index in [2.05, 4.69) is 37.1 Å². The Morgan fingerprint density at radius 3 is 2.62 bits per heavy atom. The van der Waals surface area contributed by atoms with Crippen molar-refractivity contribution in [2.75, 3.05) is 48.0 Å². The molecule has 1 aromatic heterocycles. The second-order valence-corrected chi connectivity index (χ2v) is 9.51. The molecule has 0 saturated carbocycles. The normalized spacial score (nSPS) is 16.7. The summed E-state index contributed by atoms with van der Waals surface area (Å²) in [5.41, 5.74) is 2.48. The predicted octanol–water partition coefficient (Wildman–Crippen LogP) is 2.63. The number of hydrogen-bond acceptors (Lipinski definition) is 7. The number of hydrogen-bond donors (Lipinski definition) is 1. The second-order valence-electron chi connectivity index (χ2n) is 8.20. The summed E-state index contributed by atoms with van der Waals surface area (Å²) in [5.74, 6) is 0.428. The summed E-state index contributed by atoms with van der Waals surface area (Å²) in [4.78, 5) is 29.3. The Morgan fingerprint density at radius 2 is 1.82 bits per heavy atom. The van der Waals surface area contributed by atoms with Crippen LogP contribution in [-0.4, -0.2) is 64.7 Å². The number of amides is 2. The van der Waals surface area contributed by atoms with Crippen LogP contribution in [0, 0.1) is 0 Å². The van der Waals surface area contributed by atoms with Gasteiger partial charge in [-0.05, 0) is 24.6 Å². The number of morpholine rings is 1. The fourth-order valence-corrected chi connectivity index (χ4v) is 5.03. The van der Waals surface area contributed by atoms with Crippen molar-refractivity contribution in [2.45, 2.75) is 23.9 Å². The molecule has 0 unspecified atom stereocenters. The Morgan fingerprint density at radius 1 is 1.09 bits per heavy atom. The Balaban J connectivity index is 1.41. The highest BCUT2D eigenvalue weighted by atomic mass is 32.2. The van der Waals surface area contributed by atoms with Gasteiger partial charge in [0.2, 0.25) is 17.8 Å². The first-order chi connectivity index (χ1) is 16.6. The largest absolute Gasteiger partial charge is 0.378 e. The van der Waals surface area contributed by atoms with Crippen LogP contribution in [0.15, 0.2) is 59.8 Å². The maximum absolute atomic E-state index is 13.4. The van der Waals surface area contributed by atoms with Gasteiger partial charge in [0, 0.05) is 13.1 Å². The van der Waals surface area contributed by atoms with Gasteiger partial charge in [0.25, 0.3) is 0 Å². The Bertz CT molecular complexity index is 1180. The van der Waals surface area contributed by atoms with E-state index in [0.717, 1.165) is 24.6 Å². The number of thioether (sulfide) groups is 1. The minimum atomic E-state index is -0.463. The minimum absolute atomic E-state index is 0.00349. The monoisotopic (exact) mass is 478 g/mol. The van der Waals surface area contributed by atoms with Crippen LogP contribution in [0.2, 0.25) is 0 Å². The van der Waals surface area contributed by atoms with Gasteiger partial charge in [-0.25, -0.2) is 0 Å². The minimum Gasteiger partial charge on any atom is -0.378 e. The lowest BCUT2D eigenvalue weighted by atomic mass is 10.2. The van der Waals surface area contributed by atoms with E-state index in [1.165, 1.54) is 11.8 Å². The molecule has 1 fully saturated rings. The molecule has 176 valence electrons. The summed E-state index contributed by atoms with van der Waals surface area (Å²) in [6.45, 7) is 5.21. The van der Waals surface area contributed by atoms with Crippen molar-refractivity contribution in [3.05, 3.63) is 60.2 Å². The van der Waals surface area contributed by atoms with Gasteiger partial charge in [0.1, 0.15) is 6.54 Å². The van der Waals surface area contributed by atoms with Gasteiger partial charge in [-0.15, -0.1) is 10.2 Å². The van der Waals surface area contributed by atoms with E-state index in [-0.39, 0.29) is 18.4 Å². The molecule has 3 aromatic rings. The number of rotatable bonds is 6. The van der Waals surface area contributed by atoms with Crippen LogP contribution in [0.25, 0.3) is 0 Å². The van der Waals surface area contributed by atoms with E-state index in [1.54, 1.807) is 11.0 Å². The maximum atomic E-state index is 13.4. The third kappa shape index (κ3) is 4.64. The van der Waals surface area contributed by atoms with Crippen molar-refractivity contribution < 1.29 is 14.3 Å². The highest BCUT2D eigenvalue weighted by Crippen LogP contribution is 2.33. The van der Waals surface area contributed by atoms with E-state index in [9.17, 15) is 9.59 Å². The lowest BCUT2D eigenvalue weighted by Crippen LogP contribution is -2.45. The molecule has 0 aliphatic carbocycles. The molecule has 10 heteroatoms. The number of benzene rings is 2. The summed E-state index contributed by atoms with van der Waals surface area (Å²) in [6, 6.07) is 17.5. The van der Waals surface area contributed by atoms with E-state index in [0.29, 0.717) is 36.3 Å². The molecule has 34 heavy (non-hydrogen) atoms. The van der Waals surface area contributed by atoms with Crippen LogP contribution in [0.1, 0.15) is 12.5 Å². The van der Waals surface area contributed by atoms with Crippen LogP contribution >= 0.6 is 11.8 Å². The first kappa shape index (κ1) is 22.4. The molecular formula is C24H26N6O3S. The number of fused-ring (bicyclic) bond motifs is 1. The Hall–Kier alpha value is -3.37. The van der Waals surface area contributed by atoms with Crippen molar-refractivity contribution in [3.8, 4) is 0 Å². The zero-order chi connectivity index (χ0) is 23.5. The van der Waals surface area contributed by atoms with Gasteiger partial charge < -0.3 is 15.0 Å². The SMILES string of the molecule is C[C@H](Sc1nnc(N2CCOCC2)n1Cc1ccccc1)C(=O)N1CC(=O)Nc2ccccc21. The van der Waals surface area contributed by atoms with E-state index in [1.807, 2.05) is 43.3 Å². The molecule has 0 bridgehead atoms. The summed E-state index contributed by atoms with van der Waals surface area (Å²) in [5, 5.41) is 12.0. The number of anilines is 3. The van der Waals surface area contributed by atoms with Crippen molar-refractivity contribution in [1.82, 2.24) is 14.8 Å². The molecule has 0 spiro atoms. The van der Waals surface area contributed by atoms with Crippen molar-refractivity contribution in [1.29, 1.82) is 0 Å². The van der Waals surface area contributed by atoms with Gasteiger partial charge in [-0.2, -0.15) is 0 Å². The fourth-order valence-electron chi connectivity index (χ4n) is 4.13. The number of carbonyl (C=O) groups excluding carboxylic acids is 2. The van der Waals surface area contributed by atoms with Crippen LogP contribution in [-0.2, 0) is 20.9 Å². The average Bonchev–Trinajstić information content (AvgIpc) is 3.26. The van der Waals surface area contributed by atoms with Crippen molar-refractivity contribution >= 4 is 40.9 Å². The first-order valence-corrected chi connectivity index (χ1v) is 12.1. The number of carbonyl (C=O) groups is 2. The lowest BCUT2D eigenvalue weighted by Gasteiger charge is -2.31. The zero-order valence-corrected chi connectivity index (χ0v) is 19.7. The summed E-state index contributed by atoms with van der Waals surface area (Å²) in [6.07, 6.45) is 0. The molecule has 0 radical (unpaired) electrons. The number of aromatic nitrogens is 3. The highest BCUT2D eigenvalue weighted by molar-refractivity contribution is 8.00. The summed E-state index contributed by atoms with van der Waals surface area (Å²) < 4.78 is 7.56. The van der Waals surface area contributed by atoms with Crippen molar-refractivity contribution in [2.24, 2.45) is 0 Å². The number of ether oxygens (including phenoxy) is 1. The fraction of sp³-hybridized carbons (Fsp3) is 0.333. The molecule has 3 heterocycles. The molecule has 2 aliphatic heterocycles. The predicted molar refractivity (Wildman–Crippen MR) is 131 cm³/mol.